The first kappa shape index (κ1) is 10.5. The highest BCUT2D eigenvalue weighted by molar-refractivity contribution is 5.77. The summed E-state index contributed by atoms with van der Waals surface area (Å²) in [6.07, 6.45) is 5.15. The summed E-state index contributed by atoms with van der Waals surface area (Å²) in [4.78, 5) is 11.2. The lowest BCUT2D eigenvalue weighted by Crippen LogP contribution is -2.39. The van der Waals surface area contributed by atoms with Gasteiger partial charge in [-0.1, -0.05) is 12.8 Å². The molecule has 0 saturated heterocycles. The van der Waals surface area contributed by atoms with Crippen molar-refractivity contribution in [1.82, 2.24) is 5.32 Å². The molecule has 1 aliphatic rings. The first-order valence-corrected chi connectivity index (χ1v) is 5.02. The third-order valence-corrected chi connectivity index (χ3v) is 2.77. The van der Waals surface area contributed by atoms with Crippen molar-refractivity contribution in [3.05, 3.63) is 0 Å². The van der Waals surface area contributed by atoms with Gasteiger partial charge in [-0.3, -0.25) is 4.79 Å². The average molecular weight is 185 g/mol. The summed E-state index contributed by atoms with van der Waals surface area (Å²) in [6, 6.07) is 0.310. The van der Waals surface area contributed by atoms with Crippen LogP contribution in [0.5, 0.6) is 0 Å². The molecule has 1 rings (SSSR count). The zero-order chi connectivity index (χ0) is 9.68. The fourth-order valence-electron chi connectivity index (χ4n) is 2.00. The van der Waals surface area contributed by atoms with Crippen LogP contribution in [0.15, 0.2) is 0 Å². The van der Waals surface area contributed by atoms with Crippen molar-refractivity contribution >= 4 is 5.91 Å². The van der Waals surface area contributed by atoms with Crippen LogP contribution in [0.2, 0.25) is 0 Å². The van der Waals surface area contributed by atoms with E-state index in [9.17, 15) is 4.79 Å². The normalized spacial score (nSPS) is 20.2. The lowest BCUT2D eigenvalue weighted by atomic mass is 10.00. The molecule has 1 saturated carbocycles. The predicted molar refractivity (Wildman–Crippen MR) is 51.4 cm³/mol. The molecule has 1 N–H and O–H groups in total. The largest absolute Gasteiger partial charge is 0.375 e. The molecule has 0 aromatic carbocycles. The van der Waals surface area contributed by atoms with Gasteiger partial charge in [-0.05, 0) is 25.7 Å². The van der Waals surface area contributed by atoms with E-state index in [0.29, 0.717) is 12.0 Å². The van der Waals surface area contributed by atoms with Gasteiger partial charge in [-0.2, -0.15) is 0 Å². The Labute approximate surface area is 79.8 Å². The van der Waals surface area contributed by atoms with E-state index in [0.717, 1.165) is 0 Å². The van der Waals surface area contributed by atoms with Gasteiger partial charge < -0.3 is 10.1 Å². The van der Waals surface area contributed by atoms with Crippen LogP contribution in [0.25, 0.3) is 0 Å². The van der Waals surface area contributed by atoms with Crippen molar-refractivity contribution in [1.29, 1.82) is 0 Å². The van der Waals surface area contributed by atoms with Crippen molar-refractivity contribution in [3.8, 4) is 0 Å². The third-order valence-electron chi connectivity index (χ3n) is 2.77. The maximum absolute atomic E-state index is 11.2. The maximum Gasteiger partial charge on any atom is 0.246 e. The number of nitrogens with one attached hydrogen (secondary N) is 1. The van der Waals surface area contributed by atoms with Gasteiger partial charge in [0.25, 0.3) is 0 Å². The Balaban J connectivity index is 2.22. The summed E-state index contributed by atoms with van der Waals surface area (Å²) in [5.41, 5.74) is 0. The number of carbonyl (C=O) groups excluding carboxylic acids is 1. The summed E-state index contributed by atoms with van der Waals surface area (Å²) < 4.78 is 4.76. The topological polar surface area (TPSA) is 38.3 Å². The summed E-state index contributed by atoms with van der Waals surface area (Å²) in [5, 5.41) is 2.96. The highest BCUT2D eigenvalue weighted by atomic mass is 16.5. The van der Waals surface area contributed by atoms with E-state index >= 15 is 0 Å². The van der Waals surface area contributed by atoms with Crippen molar-refractivity contribution in [2.75, 3.05) is 13.7 Å². The zero-order valence-corrected chi connectivity index (χ0v) is 8.51. The minimum absolute atomic E-state index is 0.00176. The third kappa shape index (κ3) is 3.35. The molecular weight excluding hydrogens is 166 g/mol. The molecule has 0 aromatic rings. The molecule has 3 heteroatoms. The fraction of sp³-hybridized carbons (Fsp3) is 0.900. The molecule has 3 nitrogen and oxygen atoms in total. The van der Waals surface area contributed by atoms with Crippen LogP contribution in [0.1, 0.15) is 32.6 Å². The van der Waals surface area contributed by atoms with Crippen LogP contribution in [0, 0.1) is 5.92 Å². The number of methoxy groups -OCH3 is 1. The average Bonchev–Trinajstić information content (AvgIpc) is 2.55. The van der Waals surface area contributed by atoms with E-state index in [1.807, 2.05) is 0 Å². The van der Waals surface area contributed by atoms with Crippen molar-refractivity contribution in [2.45, 2.75) is 38.6 Å². The Morgan fingerprint density at radius 3 is 2.69 bits per heavy atom. The van der Waals surface area contributed by atoms with Crippen molar-refractivity contribution < 1.29 is 9.53 Å². The zero-order valence-electron chi connectivity index (χ0n) is 8.51. The van der Waals surface area contributed by atoms with Crippen LogP contribution in [0.3, 0.4) is 0 Å². The first-order chi connectivity index (χ1) is 6.24. The molecule has 0 aromatic heterocycles. The molecule has 76 valence electrons. The summed E-state index contributed by atoms with van der Waals surface area (Å²) in [5.74, 6) is 0.683. The predicted octanol–water partition coefficient (Wildman–Crippen LogP) is 1.33. The Bertz CT molecular complexity index is 164. The Kier molecular flexibility index (Phi) is 4.22. The lowest BCUT2D eigenvalue weighted by molar-refractivity contribution is -0.125. The molecule has 0 spiro atoms. The second-order valence-corrected chi connectivity index (χ2v) is 3.83. The second kappa shape index (κ2) is 5.22. The van der Waals surface area contributed by atoms with E-state index < -0.39 is 0 Å². The minimum atomic E-state index is 0.00176. The maximum atomic E-state index is 11.2. The van der Waals surface area contributed by atoms with Gasteiger partial charge in [-0.15, -0.1) is 0 Å². The Morgan fingerprint density at radius 2 is 2.15 bits per heavy atom. The molecule has 13 heavy (non-hydrogen) atoms. The summed E-state index contributed by atoms with van der Waals surface area (Å²) in [6.45, 7) is 2.26. The molecule has 1 fully saturated rings. The van der Waals surface area contributed by atoms with E-state index in [4.69, 9.17) is 4.74 Å². The van der Waals surface area contributed by atoms with E-state index in [-0.39, 0.29) is 12.5 Å². The molecule has 1 aliphatic carbocycles. The molecule has 0 unspecified atom stereocenters. The molecule has 0 radical (unpaired) electrons. The SMILES string of the molecule is COCC(=O)N[C@@H](C)C1CCCC1. The van der Waals surface area contributed by atoms with Gasteiger partial charge in [0.2, 0.25) is 5.91 Å². The van der Waals surface area contributed by atoms with Gasteiger partial charge >= 0.3 is 0 Å². The molecule has 0 bridgehead atoms. The molecule has 1 amide bonds. The number of carbonyl (C=O) groups is 1. The minimum Gasteiger partial charge on any atom is -0.375 e. The van der Waals surface area contributed by atoms with Gasteiger partial charge in [0.1, 0.15) is 6.61 Å². The van der Waals surface area contributed by atoms with Gasteiger partial charge in [0, 0.05) is 13.2 Å². The van der Waals surface area contributed by atoms with Gasteiger partial charge in [0.05, 0.1) is 0 Å². The van der Waals surface area contributed by atoms with Gasteiger partial charge in [0.15, 0.2) is 0 Å². The van der Waals surface area contributed by atoms with Crippen LogP contribution in [-0.4, -0.2) is 25.7 Å². The molecule has 1 atom stereocenters. The van der Waals surface area contributed by atoms with Crippen LogP contribution in [0.4, 0.5) is 0 Å². The highest BCUT2D eigenvalue weighted by Gasteiger charge is 2.22. The smallest absolute Gasteiger partial charge is 0.246 e. The number of amides is 1. The summed E-state index contributed by atoms with van der Waals surface area (Å²) in [7, 11) is 1.54. The van der Waals surface area contributed by atoms with Crippen molar-refractivity contribution in [2.24, 2.45) is 5.92 Å². The monoisotopic (exact) mass is 185 g/mol. The van der Waals surface area contributed by atoms with Crippen LogP contribution >= 0.6 is 0 Å². The van der Waals surface area contributed by atoms with Crippen LogP contribution < -0.4 is 5.32 Å². The summed E-state index contributed by atoms with van der Waals surface area (Å²) >= 11 is 0. The van der Waals surface area contributed by atoms with Crippen molar-refractivity contribution in [3.63, 3.8) is 0 Å². The fourth-order valence-corrected chi connectivity index (χ4v) is 2.00. The van der Waals surface area contributed by atoms with E-state index in [1.54, 1.807) is 7.11 Å². The lowest BCUT2D eigenvalue weighted by Gasteiger charge is -2.19. The van der Waals surface area contributed by atoms with Crippen LogP contribution in [-0.2, 0) is 9.53 Å². The molecular formula is C10H19NO2. The van der Waals surface area contributed by atoms with E-state index in [1.165, 1.54) is 25.7 Å². The first-order valence-electron chi connectivity index (χ1n) is 5.02. The standard InChI is InChI=1S/C10H19NO2/c1-8(9-5-3-4-6-9)11-10(12)7-13-2/h8-9H,3-7H2,1-2H3,(H,11,12)/t8-/m0/s1. The quantitative estimate of drug-likeness (QED) is 0.717. The molecule has 0 aliphatic heterocycles. The highest BCUT2D eigenvalue weighted by Crippen LogP contribution is 2.27. The second-order valence-electron chi connectivity index (χ2n) is 3.83. The Morgan fingerprint density at radius 1 is 1.54 bits per heavy atom. The number of hydrogen-bond donors (Lipinski definition) is 1. The number of hydrogen-bond acceptors (Lipinski definition) is 2. The number of ether oxygens (including phenoxy) is 1. The van der Waals surface area contributed by atoms with E-state index in [2.05, 4.69) is 12.2 Å². The number of rotatable bonds is 4. The Hall–Kier alpha value is -0.570. The molecule has 0 heterocycles. The van der Waals surface area contributed by atoms with Gasteiger partial charge in [-0.25, -0.2) is 0 Å².